The summed E-state index contributed by atoms with van der Waals surface area (Å²) in [7, 11) is -2.40. The molecule has 1 aliphatic rings. The van der Waals surface area contributed by atoms with Crippen LogP contribution in [0, 0.1) is 0 Å². The number of carbonyl (C=O) groups is 1. The highest BCUT2D eigenvalue weighted by Gasteiger charge is 2.25. The highest BCUT2D eigenvalue weighted by atomic mass is 32.2. The van der Waals surface area contributed by atoms with E-state index in [4.69, 9.17) is 9.84 Å². The predicted molar refractivity (Wildman–Crippen MR) is 104 cm³/mol. The predicted octanol–water partition coefficient (Wildman–Crippen LogP) is 2.87. The number of hydrogen-bond donors (Lipinski definition) is 3. The van der Waals surface area contributed by atoms with Gasteiger partial charge in [0.2, 0.25) is 10.0 Å². The van der Waals surface area contributed by atoms with E-state index < -0.39 is 22.0 Å². The molecule has 28 heavy (non-hydrogen) atoms. The Kier molecular flexibility index (Phi) is 5.53. The molecule has 0 amide bonds. The van der Waals surface area contributed by atoms with Crippen molar-refractivity contribution in [1.29, 1.82) is 0 Å². The number of hydrogen-bond acceptors (Lipinski definition) is 5. The Morgan fingerprint density at radius 1 is 1.18 bits per heavy atom. The fraction of sp³-hybridized carbons (Fsp3) is 0.150. The molecule has 1 atom stereocenters. The number of aliphatic carboxylic acids is 1. The lowest BCUT2D eigenvalue weighted by atomic mass is 10.0. The number of nitrogens with one attached hydrogen (secondary N) is 1. The molecule has 0 saturated heterocycles. The molecule has 0 aliphatic heterocycles. The summed E-state index contributed by atoms with van der Waals surface area (Å²) in [5, 5.41) is 18.8. The molecule has 3 rings (SSSR count). The average Bonchev–Trinajstić information content (AvgIpc) is 2.67. The van der Waals surface area contributed by atoms with Gasteiger partial charge in [-0.1, -0.05) is 36.4 Å². The third kappa shape index (κ3) is 4.08. The van der Waals surface area contributed by atoms with Gasteiger partial charge in [0.15, 0.2) is 0 Å². The highest BCUT2D eigenvalue weighted by molar-refractivity contribution is 7.89. The van der Waals surface area contributed by atoms with Crippen LogP contribution in [-0.2, 0) is 14.8 Å². The normalized spacial score (nSPS) is 16.8. The molecule has 0 saturated carbocycles. The second-order valence-corrected chi connectivity index (χ2v) is 7.90. The van der Waals surface area contributed by atoms with Gasteiger partial charge in [-0.15, -0.1) is 0 Å². The molecule has 146 valence electrons. The van der Waals surface area contributed by atoms with Gasteiger partial charge < -0.3 is 14.9 Å². The van der Waals surface area contributed by atoms with Crippen LogP contribution in [0.3, 0.4) is 0 Å². The van der Waals surface area contributed by atoms with Crippen molar-refractivity contribution in [3.8, 4) is 16.9 Å². The average molecular weight is 401 g/mol. The van der Waals surface area contributed by atoms with Crippen LogP contribution in [0.4, 0.5) is 0 Å². The Labute approximate surface area is 162 Å². The van der Waals surface area contributed by atoms with Crippen LogP contribution in [0.2, 0.25) is 0 Å². The molecule has 8 heteroatoms. The second-order valence-electron chi connectivity index (χ2n) is 6.18. The molecular weight excluding hydrogens is 382 g/mol. The Bertz CT molecular complexity index is 1060. The van der Waals surface area contributed by atoms with E-state index in [1.807, 2.05) is 30.3 Å². The minimum atomic E-state index is -3.91. The number of methoxy groups -OCH3 is 1. The fourth-order valence-corrected chi connectivity index (χ4v) is 4.15. The van der Waals surface area contributed by atoms with E-state index in [1.165, 1.54) is 31.4 Å². The summed E-state index contributed by atoms with van der Waals surface area (Å²) < 4.78 is 33.4. The van der Waals surface area contributed by atoms with Gasteiger partial charge in [0.25, 0.3) is 0 Å². The van der Waals surface area contributed by atoms with Crippen molar-refractivity contribution in [3.63, 3.8) is 0 Å². The Morgan fingerprint density at radius 3 is 2.50 bits per heavy atom. The number of aliphatic hydroxyl groups is 1. The number of carboxylic acids is 1. The number of benzene rings is 2. The quantitative estimate of drug-likeness (QED) is 0.686. The van der Waals surface area contributed by atoms with Crippen molar-refractivity contribution < 1.29 is 28.2 Å². The number of rotatable bonds is 6. The van der Waals surface area contributed by atoms with Gasteiger partial charge in [-0.05, 0) is 29.8 Å². The summed E-state index contributed by atoms with van der Waals surface area (Å²) in [4.78, 5) is 11.0. The van der Waals surface area contributed by atoms with E-state index in [0.29, 0.717) is 11.3 Å². The molecule has 3 N–H and O–H groups in total. The number of aliphatic hydroxyl groups excluding tert-OH is 1. The molecule has 0 aromatic heterocycles. The van der Waals surface area contributed by atoms with Crippen molar-refractivity contribution in [1.82, 2.24) is 4.72 Å². The summed E-state index contributed by atoms with van der Waals surface area (Å²) in [5.41, 5.74) is 1.19. The van der Waals surface area contributed by atoms with E-state index in [2.05, 4.69) is 4.72 Å². The Hall–Kier alpha value is -3.10. The Balaban J connectivity index is 1.89. The van der Waals surface area contributed by atoms with Crippen LogP contribution in [0.25, 0.3) is 11.1 Å². The topological polar surface area (TPSA) is 113 Å². The van der Waals surface area contributed by atoms with E-state index in [1.54, 1.807) is 6.07 Å². The maximum atomic E-state index is 12.8. The number of sulfonamides is 1. The first-order valence-electron chi connectivity index (χ1n) is 8.41. The van der Waals surface area contributed by atoms with Crippen molar-refractivity contribution in [3.05, 3.63) is 72.0 Å². The minimum absolute atomic E-state index is 0.0352. The van der Waals surface area contributed by atoms with E-state index in [0.717, 1.165) is 5.56 Å². The molecular formula is C20H19NO6S. The van der Waals surface area contributed by atoms with Crippen LogP contribution in [0.15, 0.2) is 76.9 Å². The van der Waals surface area contributed by atoms with Gasteiger partial charge in [0.1, 0.15) is 11.5 Å². The maximum absolute atomic E-state index is 12.8. The van der Waals surface area contributed by atoms with Gasteiger partial charge in [-0.25, -0.2) is 17.9 Å². The molecule has 0 fully saturated rings. The van der Waals surface area contributed by atoms with Crippen LogP contribution in [-0.4, -0.2) is 37.8 Å². The zero-order valence-electron chi connectivity index (χ0n) is 15.0. The summed E-state index contributed by atoms with van der Waals surface area (Å²) in [6, 6.07) is 13.0. The van der Waals surface area contributed by atoms with Gasteiger partial charge in [0.05, 0.1) is 17.6 Å². The van der Waals surface area contributed by atoms with Gasteiger partial charge in [0, 0.05) is 18.0 Å². The lowest BCUT2D eigenvalue weighted by Gasteiger charge is -2.19. The summed E-state index contributed by atoms with van der Waals surface area (Å²) in [6.45, 7) is 0. The van der Waals surface area contributed by atoms with Crippen molar-refractivity contribution in [2.75, 3.05) is 7.11 Å². The van der Waals surface area contributed by atoms with Crippen molar-refractivity contribution in [2.45, 2.75) is 17.4 Å². The molecule has 0 heterocycles. The first-order valence-corrected chi connectivity index (χ1v) is 9.89. The standard InChI is InChI=1S/C20H19NO6S/c1-27-19-10-8-15(12-17(19)13-5-3-2-4-6-13)28(25,26)21-14-7-9-16(20(23)24)18(22)11-14/h2-10,12,14,21-22H,11H2,1H3,(H,23,24). The molecule has 0 radical (unpaired) electrons. The SMILES string of the molecule is COc1ccc(S(=O)(=O)NC2C=CC(C(=O)O)=C(O)C2)cc1-c1ccccc1. The molecule has 7 nitrogen and oxygen atoms in total. The first kappa shape index (κ1) is 19.7. The lowest BCUT2D eigenvalue weighted by molar-refractivity contribution is -0.132. The number of ether oxygens (including phenoxy) is 1. The maximum Gasteiger partial charge on any atom is 0.339 e. The zero-order chi connectivity index (χ0) is 20.3. The third-order valence-electron chi connectivity index (χ3n) is 4.32. The molecule has 2 aromatic rings. The molecule has 1 aliphatic carbocycles. The molecule has 1 unspecified atom stereocenters. The summed E-state index contributed by atoms with van der Waals surface area (Å²) >= 11 is 0. The van der Waals surface area contributed by atoms with Gasteiger partial charge in [-0.3, -0.25) is 0 Å². The zero-order valence-corrected chi connectivity index (χ0v) is 15.8. The summed E-state index contributed by atoms with van der Waals surface area (Å²) in [6.07, 6.45) is 2.46. The monoisotopic (exact) mass is 401 g/mol. The van der Waals surface area contributed by atoms with Crippen LogP contribution >= 0.6 is 0 Å². The van der Waals surface area contributed by atoms with Gasteiger partial charge >= 0.3 is 5.97 Å². The largest absolute Gasteiger partial charge is 0.511 e. The number of carboxylic acid groups (broad SMARTS) is 1. The van der Waals surface area contributed by atoms with Gasteiger partial charge in [-0.2, -0.15) is 0 Å². The highest BCUT2D eigenvalue weighted by Crippen LogP contribution is 2.32. The molecule has 0 spiro atoms. The minimum Gasteiger partial charge on any atom is -0.511 e. The fourth-order valence-electron chi connectivity index (χ4n) is 2.94. The van der Waals surface area contributed by atoms with E-state index >= 15 is 0 Å². The smallest absolute Gasteiger partial charge is 0.339 e. The van der Waals surface area contributed by atoms with Crippen LogP contribution < -0.4 is 9.46 Å². The molecule has 2 aromatic carbocycles. The lowest BCUT2D eigenvalue weighted by Crippen LogP contribution is -2.35. The molecule has 0 bridgehead atoms. The van der Waals surface area contributed by atoms with Crippen molar-refractivity contribution in [2.24, 2.45) is 0 Å². The third-order valence-corrected chi connectivity index (χ3v) is 5.81. The first-order chi connectivity index (χ1) is 13.3. The van der Waals surface area contributed by atoms with Crippen LogP contribution in [0.5, 0.6) is 5.75 Å². The van der Waals surface area contributed by atoms with E-state index in [-0.39, 0.29) is 22.6 Å². The summed E-state index contributed by atoms with van der Waals surface area (Å²) in [5.74, 6) is -1.10. The van der Waals surface area contributed by atoms with Crippen molar-refractivity contribution >= 4 is 16.0 Å². The Morgan fingerprint density at radius 2 is 1.89 bits per heavy atom. The van der Waals surface area contributed by atoms with E-state index in [9.17, 15) is 18.3 Å². The van der Waals surface area contributed by atoms with Crippen LogP contribution in [0.1, 0.15) is 6.42 Å². The second kappa shape index (κ2) is 7.87.